The number of imidazole rings is 1. The number of hydrogen-bond donors (Lipinski definition) is 1. The van der Waals surface area contributed by atoms with Crippen molar-refractivity contribution in [1.82, 2.24) is 25.0 Å². The van der Waals surface area contributed by atoms with Gasteiger partial charge < -0.3 is 14.4 Å². The van der Waals surface area contributed by atoms with Crippen molar-refractivity contribution in [2.24, 2.45) is 0 Å². The average Bonchev–Trinajstić information content (AvgIpc) is 3.35. The highest BCUT2D eigenvalue weighted by Gasteiger charge is 2.15. The minimum atomic E-state index is -0.0889. The summed E-state index contributed by atoms with van der Waals surface area (Å²) in [6.45, 7) is 2.51. The molecular formula is C21H19N5O2. The maximum atomic E-state index is 12.3. The zero-order valence-corrected chi connectivity index (χ0v) is 15.4. The van der Waals surface area contributed by atoms with Gasteiger partial charge in [0.15, 0.2) is 0 Å². The number of carbonyl (C=O) groups excluding carboxylic acids is 1. The van der Waals surface area contributed by atoms with Crippen LogP contribution in [-0.4, -0.2) is 25.6 Å². The van der Waals surface area contributed by atoms with E-state index in [1.807, 2.05) is 67.6 Å². The van der Waals surface area contributed by atoms with Crippen LogP contribution in [0.2, 0.25) is 0 Å². The van der Waals surface area contributed by atoms with E-state index in [1.54, 1.807) is 10.8 Å². The van der Waals surface area contributed by atoms with Crippen molar-refractivity contribution in [3.8, 4) is 23.0 Å². The van der Waals surface area contributed by atoms with E-state index in [2.05, 4.69) is 20.4 Å². The smallest absolute Gasteiger partial charge is 0.258 e. The van der Waals surface area contributed by atoms with E-state index in [9.17, 15) is 4.79 Å². The molecule has 4 rings (SSSR count). The normalized spacial score (nSPS) is 10.8. The van der Waals surface area contributed by atoms with Gasteiger partial charge in [-0.15, -0.1) is 0 Å². The lowest BCUT2D eigenvalue weighted by Gasteiger charge is -2.07. The lowest BCUT2D eigenvalue weighted by Crippen LogP contribution is -2.27. The molecule has 2 heterocycles. The van der Waals surface area contributed by atoms with Crippen molar-refractivity contribution >= 4 is 5.91 Å². The SMILES string of the molecule is Cc1nc(-c2noc(-c3ccccc3)n2)cn1CC(=O)NCc1ccccc1. The number of rotatable bonds is 6. The summed E-state index contributed by atoms with van der Waals surface area (Å²) >= 11 is 0. The fourth-order valence-corrected chi connectivity index (χ4v) is 2.81. The minimum Gasteiger partial charge on any atom is -0.350 e. The fourth-order valence-electron chi connectivity index (χ4n) is 2.81. The summed E-state index contributed by atoms with van der Waals surface area (Å²) in [6.07, 6.45) is 1.76. The standard InChI is InChI=1S/C21H19N5O2/c1-15-23-18(20-24-21(28-25-20)17-10-6-3-7-11-17)13-26(15)14-19(27)22-12-16-8-4-2-5-9-16/h2-11,13H,12,14H2,1H3,(H,22,27). The van der Waals surface area contributed by atoms with Gasteiger partial charge >= 0.3 is 0 Å². The molecule has 0 aliphatic carbocycles. The molecule has 0 spiro atoms. The third kappa shape index (κ3) is 3.98. The van der Waals surface area contributed by atoms with Crippen LogP contribution in [0.1, 0.15) is 11.4 Å². The predicted molar refractivity (Wildman–Crippen MR) is 104 cm³/mol. The first-order valence-electron chi connectivity index (χ1n) is 8.93. The number of nitrogens with one attached hydrogen (secondary N) is 1. The molecule has 2 aromatic carbocycles. The number of aromatic nitrogens is 4. The fraction of sp³-hybridized carbons (Fsp3) is 0.143. The highest BCUT2D eigenvalue weighted by atomic mass is 16.5. The van der Waals surface area contributed by atoms with Crippen molar-refractivity contribution in [1.29, 1.82) is 0 Å². The zero-order valence-electron chi connectivity index (χ0n) is 15.4. The maximum Gasteiger partial charge on any atom is 0.258 e. The summed E-state index contributed by atoms with van der Waals surface area (Å²) in [5, 5.41) is 6.92. The van der Waals surface area contributed by atoms with Gasteiger partial charge in [0.2, 0.25) is 11.7 Å². The summed E-state index contributed by atoms with van der Waals surface area (Å²) in [4.78, 5) is 21.1. The highest BCUT2D eigenvalue weighted by molar-refractivity contribution is 5.76. The van der Waals surface area contributed by atoms with Gasteiger partial charge in [-0.2, -0.15) is 4.98 Å². The van der Waals surface area contributed by atoms with E-state index >= 15 is 0 Å². The van der Waals surface area contributed by atoms with Crippen molar-refractivity contribution in [2.75, 3.05) is 0 Å². The molecule has 0 saturated carbocycles. The van der Waals surface area contributed by atoms with Crippen LogP contribution < -0.4 is 5.32 Å². The summed E-state index contributed by atoms with van der Waals surface area (Å²) < 4.78 is 7.11. The van der Waals surface area contributed by atoms with Crippen LogP contribution in [0, 0.1) is 6.92 Å². The van der Waals surface area contributed by atoms with Crippen LogP contribution >= 0.6 is 0 Å². The lowest BCUT2D eigenvalue weighted by molar-refractivity contribution is -0.121. The van der Waals surface area contributed by atoms with Gasteiger partial charge in [-0.25, -0.2) is 4.98 Å². The molecule has 0 fully saturated rings. The molecule has 2 aromatic heterocycles. The molecule has 1 amide bonds. The molecule has 0 saturated heterocycles. The van der Waals surface area contributed by atoms with Crippen molar-refractivity contribution in [2.45, 2.75) is 20.0 Å². The van der Waals surface area contributed by atoms with Gasteiger partial charge in [-0.05, 0) is 24.6 Å². The number of carbonyl (C=O) groups is 1. The topological polar surface area (TPSA) is 85.8 Å². The number of amides is 1. The monoisotopic (exact) mass is 373 g/mol. The summed E-state index contributed by atoms with van der Waals surface area (Å²) in [6, 6.07) is 19.3. The number of aryl methyl sites for hydroxylation is 1. The molecule has 7 nitrogen and oxygen atoms in total. The van der Waals surface area contributed by atoms with Crippen LogP contribution in [0.3, 0.4) is 0 Å². The van der Waals surface area contributed by atoms with E-state index in [0.29, 0.717) is 29.8 Å². The largest absolute Gasteiger partial charge is 0.350 e. The molecule has 7 heteroatoms. The van der Waals surface area contributed by atoms with E-state index in [1.165, 1.54) is 0 Å². The molecule has 0 bridgehead atoms. The van der Waals surface area contributed by atoms with Crippen LogP contribution in [0.15, 0.2) is 71.4 Å². The third-order valence-corrected chi connectivity index (χ3v) is 4.30. The quantitative estimate of drug-likeness (QED) is 0.561. The second-order valence-electron chi connectivity index (χ2n) is 6.35. The first-order valence-corrected chi connectivity index (χ1v) is 8.93. The molecule has 0 unspecified atom stereocenters. The van der Waals surface area contributed by atoms with Crippen molar-refractivity contribution < 1.29 is 9.32 Å². The Morgan fingerprint density at radius 2 is 1.75 bits per heavy atom. The second-order valence-corrected chi connectivity index (χ2v) is 6.35. The molecule has 0 aliphatic heterocycles. The van der Waals surface area contributed by atoms with Gasteiger partial charge in [0.25, 0.3) is 5.89 Å². The Kier molecular flexibility index (Phi) is 4.97. The van der Waals surface area contributed by atoms with E-state index < -0.39 is 0 Å². The number of nitrogens with zero attached hydrogens (tertiary/aromatic N) is 4. The predicted octanol–water partition coefficient (Wildman–Crippen LogP) is 3.22. The van der Waals surface area contributed by atoms with Gasteiger partial charge in [0.05, 0.1) is 0 Å². The van der Waals surface area contributed by atoms with Crippen molar-refractivity contribution in [3.63, 3.8) is 0 Å². The Morgan fingerprint density at radius 3 is 2.50 bits per heavy atom. The highest BCUT2D eigenvalue weighted by Crippen LogP contribution is 2.21. The van der Waals surface area contributed by atoms with Gasteiger partial charge in [-0.1, -0.05) is 53.7 Å². The Labute approximate surface area is 162 Å². The first-order chi connectivity index (χ1) is 13.7. The molecule has 0 radical (unpaired) electrons. The Hall–Kier alpha value is -3.74. The summed E-state index contributed by atoms with van der Waals surface area (Å²) in [7, 11) is 0. The summed E-state index contributed by atoms with van der Waals surface area (Å²) in [5.41, 5.74) is 2.47. The van der Waals surface area contributed by atoms with Gasteiger partial charge in [0.1, 0.15) is 18.1 Å². The molecular weight excluding hydrogens is 354 g/mol. The van der Waals surface area contributed by atoms with Gasteiger partial charge in [-0.3, -0.25) is 4.79 Å². The Balaban J connectivity index is 1.44. The Morgan fingerprint density at radius 1 is 1.04 bits per heavy atom. The Bertz CT molecular complexity index is 1070. The van der Waals surface area contributed by atoms with Gasteiger partial charge in [0, 0.05) is 18.3 Å². The van der Waals surface area contributed by atoms with E-state index in [0.717, 1.165) is 11.1 Å². The molecule has 140 valence electrons. The lowest BCUT2D eigenvalue weighted by atomic mass is 10.2. The van der Waals surface area contributed by atoms with Crippen LogP contribution in [-0.2, 0) is 17.9 Å². The van der Waals surface area contributed by atoms with E-state index in [-0.39, 0.29) is 12.5 Å². The van der Waals surface area contributed by atoms with E-state index in [4.69, 9.17) is 4.52 Å². The third-order valence-electron chi connectivity index (χ3n) is 4.30. The minimum absolute atomic E-state index is 0.0889. The molecule has 0 atom stereocenters. The average molecular weight is 373 g/mol. The molecule has 28 heavy (non-hydrogen) atoms. The molecule has 4 aromatic rings. The zero-order chi connectivity index (χ0) is 19.3. The van der Waals surface area contributed by atoms with Crippen LogP contribution in [0.4, 0.5) is 0 Å². The summed E-state index contributed by atoms with van der Waals surface area (Å²) in [5.74, 6) is 1.44. The maximum absolute atomic E-state index is 12.3. The molecule has 0 aliphatic rings. The number of benzene rings is 2. The van der Waals surface area contributed by atoms with Crippen LogP contribution in [0.5, 0.6) is 0 Å². The number of hydrogen-bond acceptors (Lipinski definition) is 5. The second kappa shape index (κ2) is 7.87. The molecule has 1 N–H and O–H groups in total. The van der Waals surface area contributed by atoms with Crippen LogP contribution in [0.25, 0.3) is 23.0 Å². The first kappa shape index (κ1) is 17.7. The van der Waals surface area contributed by atoms with Crippen molar-refractivity contribution in [3.05, 3.63) is 78.2 Å².